The maximum Gasteiger partial charge on any atom is 0.269 e. The molecular formula is C21H13N3O6. The number of nitro benzene ring substituents is 1. The molecule has 1 aliphatic heterocycles. The smallest absolute Gasteiger partial charge is 0.269 e. The number of nitrogens with one attached hydrogen (secondary N) is 1. The number of phenols is 1. The van der Waals surface area contributed by atoms with E-state index in [4.69, 9.17) is 0 Å². The highest BCUT2D eigenvalue weighted by Crippen LogP contribution is 2.30. The largest absolute Gasteiger partial charge is 0.508 e. The van der Waals surface area contributed by atoms with E-state index in [1.807, 2.05) is 0 Å². The third kappa shape index (κ3) is 3.24. The second-order valence-corrected chi connectivity index (χ2v) is 6.48. The quantitative estimate of drug-likeness (QED) is 0.297. The minimum atomic E-state index is -0.622. The average molecular weight is 403 g/mol. The first-order valence-electron chi connectivity index (χ1n) is 8.73. The monoisotopic (exact) mass is 403 g/mol. The number of carbonyl (C=O) groups excluding carboxylic acids is 3. The number of nitrogens with zero attached hydrogens (tertiary/aromatic N) is 2. The number of benzene rings is 3. The molecule has 3 amide bonds. The summed E-state index contributed by atoms with van der Waals surface area (Å²) in [6, 6.07) is 15.1. The highest BCUT2D eigenvalue weighted by Gasteiger charge is 2.37. The molecule has 0 saturated carbocycles. The lowest BCUT2D eigenvalue weighted by Gasteiger charge is -2.13. The van der Waals surface area contributed by atoms with Crippen LogP contribution in [0.2, 0.25) is 0 Å². The van der Waals surface area contributed by atoms with Crippen molar-refractivity contribution < 1.29 is 24.4 Å². The molecule has 148 valence electrons. The van der Waals surface area contributed by atoms with Crippen molar-refractivity contribution in [1.82, 2.24) is 0 Å². The Hall–Kier alpha value is -4.53. The first kappa shape index (κ1) is 18.8. The molecule has 4 rings (SSSR count). The van der Waals surface area contributed by atoms with E-state index in [1.165, 1.54) is 66.7 Å². The highest BCUT2D eigenvalue weighted by molar-refractivity contribution is 6.34. The zero-order chi connectivity index (χ0) is 21.4. The number of hydrogen-bond acceptors (Lipinski definition) is 6. The summed E-state index contributed by atoms with van der Waals surface area (Å²) in [4.78, 5) is 49.1. The molecule has 0 unspecified atom stereocenters. The van der Waals surface area contributed by atoms with Crippen LogP contribution in [0.4, 0.5) is 17.1 Å². The normalized spacial score (nSPS) is 12.6. The van der Waals surface area contributed by atoms with Gasteiger partial charge in [0.05, 0.1) is 21.7 Å². The molecule has 1 heterocycles. The van der Waals surface area contributed by atoms with E-state index in [2.05, 4.69) is 5.32 Å². The van der Waals surface area contributed by atoms with Gasteiger partial charge in [0.1, 0.15) is 5.75 Å². The Balaban J connectivity index is 1.60. The first-order chi connectivity index (χ1) is 14.3. The van der Waals surface area contributed by atoms with Crippen molar-refractivity contribution >= 4 is 34.8 Å². The van der Waals surface area contributed by atoms with Gasteiger partial charge in [-0.2, -0.15) is 0 Å². The molecule has 3 aromatic carbocycles. The van der Waals surface area contributed by atoms with Crippen molar-refractivity contribution in [1.29, 1.82) is 0 Å². The molecule has 0 fully saturated rings. The van der Waals surface area contributed by atoms with Gasteiger partial charge in [-0.05, 0) is 54.6 Å². The fourth-order valence-electron chi connectivity index (χ4n) is 3.09. The predicted molar refractivity (Wildman–Crippen MR) is 107 cm³/mol. The lowest BCUT2D eigenvalue weighted by molar-refractivity contribution is -0.384. The third-order valence-electron chi connectivity index (χ3n) is 4.59. The second kappa shape index (κ2) is 7.13. The van der Waals surface area contributed by atoms with E-state index in [0.717, 1.165) is 4.90 Å². The molecular weight excluding hydrogens is 390 g/mol. The molecule has 30 heavy (non-hydrogen) atoms. The average Bonchev–Trinajstić information content (AvgIpc) is 2.99. The molecule has 0 aromatic heterocycles. The second-order valence-electron chi connectivity index (χ2n) is 6.48. The van der Waals surface area contributed by atoms with Crippen molar-refractivity contribution in [3.63, 3.8) is 0 Å². The number of carbonyl (C=O) groups is 3. The summed E-state index contributed by atoms with van der Waals surface area (Å²) in [6.45, 7) is 0. The van der Waals surface area contributed by atoms with Gasteiger partial charge < -0.3 is 10.4 Å². The van der Waals surface area contributed by atoms with Crippen LogP contribution in [0.15, 0.2) is 66.7 Å². The van der Waals surface area contributed by atoms with Gasteiger partial charge in [-0.15, -0.1) is 0 Å². The van der Waals surface area contributed by atoms with E-state index < -0.39 is 22.6 Å². The van der Waals surface area contributed by atoms with Gasteiger partial charge in [0, 0.05) is 23.4 Å². The molecule has 0 aliphatic carbocycles. The summed E-state index contributed by atoms with van der Waals surface area (Å²) >= 11 is 0. The summed E-state index contributed by atoms with van der Waals surface area (Å²) < 4.78 is 0. The van der Waals surface area contributed by atoms with E-state index in [9.17, 15) is 29.6 Å². The Morgan fingerprint density at radius 1 is 0.900 bits per heavy atom. The summed E-state index contributed by atoms with van der Waals surface area (Å²) in [5, 5.41) is 22.7. The zero-order valence-electron chi connectivity index (χ0n) is 15.2. The SMILES string of the molecule is O=C(Nc1ccc(O)cc1)c1ccc2c(c1)C(=O)N(c1ccc([N+](=O)[O-])cc1)C2=O. The summed E-state index contributed by atoms with van der Waals surface area (Å²) in [7, 11) is 0. The topological polar surface area (TPSA) is 130 Å². The minimum Gasteiger partial charge on any atom is -0.508 e. The molecule has 0 spiro atoms. The van der Waals surface area contributed by atoms with Crippen LogP contribution in [0.1, 0.15) is 31.1 Å². The fourth-order valence-corrected chi connectivity index (χ4v) is 3.09. The van der Waals surface area contributed by atoms with Gasteiger partial charge in [0.25, 0.3) is 23.4 Å². The molecule has 0 saturated heterocycles. The van der Waals surface area contributed by atoms with Crippen LogP contribution in [-0.4, -0.2) is 27.8 Å². The van der Waals surface area contributed by atoms with Gasteiger partial charge in [0.2, 0.25) is 0 Å². The van der Waals surface area contributed by atoms with Crippen molar-refractivity contribution in [2.75, 3.05) is 10.2 Å². The van der Waals surface area contributed by atoms with Crippen LogP contribution in [-0.2, 0) is 0 Å². The van der Waals surface area contributed by atoms with Gasteiger partial charge in [-0.25, -0.2) is 4.90 Å². The van der Waals surface area contributed by atoms with Crippen molar-refractivity contribution in [3.05, 3.63) is 93.5 Å². The van der Waals surface area contributed by atoms with Crippen LogP contribution >= 0.6 is 0 Å². The number of anilines is 2. The number of non-ortho nitro benzene ring substituents is 1. The Bertz CT molecular complexity index is 1200. The number of fused-ring (bicyclic) bond motifs is 1. The van der Waals surface area contributed by atoms with Crippen LogP contribution in [0.25, 0.3) is 0 Å². The third-order valence-corrected chi connectivity index (χ3v) is 4.59. The number of rotatable bonds is 4. The minimum absolute atomic E-state index is 0.0565. The standard InChI is InChI=1S/C21H13N3O6/c25-16-8-2-13(3-9-16)22-19(26)12-1-10-17-18(11-12)21(28)23(20(17)27)14-4-6-15(7-5-14)24(29)30/h1-11,25H,(H,22,26). The molecule has 0 atom stereocenters. The van der Waals surface area contributed by atoms with Crippen LogP contribution in [0, 0.1) is 10.1 Å². The van der Waals surface area contributed by atoms with Crippen LogP contribution < -0.4 is 10.2 Å². The zero-order valence-corrected chi connectivity index (χ0v) is 15.2. The van der Waals surface area contributed by atoms with Crippen LogP contribution in [0.3, 0.4) is 0 Å². The lowest BCUT2D eigenvalue weighted by Crippen LogP contribution is -2.29. The van der Waals surface area contributed by atoms with Crippen molar-refractivity contribution in [3.8, 4) is 5.75 Å². The Labute approximate surface area is 169 Å². The van der Waals surface area contributed by atoms with Gasteiger partial charge >= 0.3 is 0 Å². The maximum atomic E-state index is 12.8. The van der Waals surface area contributed by atoms with Gasteiger partial charge in [-0.3, -0.25) is 24.5 Å². The number of hydrogen-bond donors (Lipinski definition) is 2. The number of aromatic hydroxyl groups is 1. The maximum absolute atomic E-state index is 12.8. The fraction of sp³-hybridized carbons (Fsp3) is 0. The summed E-state index contributed by atoms with van der Waals surface area (Å²) in [5.41, 5.74) is 0.864. The van der Waals surface area contributed by atoms with Gasteiger partial charge in [0.15, 0.2) is 0 Å². The predicted octanol–water partition coefficient (Wildman–Crippen LogP) is 3.35. The lowest BCUT2D eigenvalue weighted by atomic mass is 10.1. The van der Waals surface area contributed by atoms with E-state index in [-0.39, 0.29) is 33.8 Å². The summed E-state index contributed by atoms with van der Waals surface area (Å²) in [6.07, 6.45) is 0. The van der Waals surface area contributed by atoms with E-state index >= 15 is 0 Å². The molecule has 0 radical (unpaired) electrons. The van der Waals surface area contributed by atoms with Gasteiger partial charge in [-0.1, -0.05) is 0 Å². The molecule has 2 N–H and O–H groups in total. The molecule has 9 heteroatoms. The number of imide groups is 1. The molecule has 1 aliphatic rings. The number of phenolic OH excluding ortho intramolecular Hbond substituents is 1. The van der Waals surface area contributed by atoms with Crippen molar-refractivity contribution in [2.45, 2.75) is 0 Å². The van der Waals surface area contributed by atoms with Crippen molar-refractivity contribution in [2.24, 2.45) is 0 Å². The Kier molecular flexibility index (Phi) is 4.47. The summed E-state index contributed by atoms with van der Waals surface area (Å²) in [5.74, 6) is -1.63. The number of amides is 3. The Morgan fingerprint density at radius 2 is 1.53 bits per heavy atom. The number of nitro groups is 1. The molecule has 3 aromatic rings. The Morgan fingerprint density at radius 3 is 2.17 bits per heavy atom. The molecule has 9 nitrogen and oxygen atoms in total. The highest BCUT2D eigenvalue weighted by atomic mass is 16.6. The van der Waals surface area contributed by atoms with Crippen LogP contribution in [0.5, 0.6) is 5.75 Å². The molecule has 0 bridgehead atoms. The first-order valence-corrected chi connectivity index (χ1v) is 8.73. The van der Waals surface area contributed by atoms with E-state index in [0.29, 0.717) is 5.69 Å². The van der Waals surface area contributed by atoms with E-state index in [1.54, 1.807) is 0 Å².